The standard InChI is InChI=1S/C15H15BrN2OS/c1-19-9-10-3-2-4-12(7-10)18-14-6-5-11(15(17)20)8-13(14)16/h2-8,18H,9H2,1H3,(H2,17,20). The Bertz CT molecular complexity index is 631. The maximum absolute atomic E-state index is 5.61. The smallest absolute Gasteiger partial charge is 0.104 e. The Morgan fingerprint density at radius 3 is 2.75 bits per heavy atom. The quantitative estimate of drug-likeness (QED) is 0.800. The molecule has 0 radical (unpaired) electrons. The van der Waals surface area contributed by atoms with Gasteiger partial charge in [-0.2, -0.15) is 0 Å². The molecular formula is C15H15BrN2OS. The zero-order chi connectivity index (χ0) is 14.5. The molecule has 0 unspecified atom stereocenters. The van der Waals surface area contributed by atoms with Crippen LogP contribution in [0.3, 0.4) is 0 Å². The zero-order valence-corrected chi connectivity index (χ0v) is 13.4. The van der Waals surface area contributed by atoms with E-state index in [2.05, 4.69) is 27.3 Å². The molecule has 0 atom stereocenters. The van der Waals surface area contributed by atoms with Crippen molar-refractivity contribution >= 4 is 44.5 Å². The molecule has 2 aromatic rings. The van der Waals surface area contributed by atoms with Crippen LogP contribution in [-0.2, 0) is 11.3 Å². The number of rotatable bonds is 5. The Morgan fingerprint density at radius 2 is 2.10 bits per heavy atom. The predicted octanol–water partition coefficient (Wildman–Crippen LogP) is 3.97. The Hall–Kier alpha value is -1.43. The number of hydrogen-bond donors (Lipinski definition) is 2. The fourth-order valence-corrected chi connectivity index (χ4v) is 2.44. The zero-order valence-electron chi connectivity index (χ0n) is 11.0. The molecular weight excluding hydrogens is 336 g/mol. The summed E-state index contributed by atoms with van der Waals surface area (Å²) >= 11 is 8.48. The van der Waals surface area contributed by atoms with Crippen molar-refractivity contribution in [2.45, 2.75) is 6.61 Å². The summed E-state index contributed by atoms with van der Waals surface area (Å²) in [5, 5.41) is 3.35. The van der Waals surface area contributed by atoms with E-state index in [9.17, 15) is 0 Å². The van der Waals surface area contributed by atoms with Crippen molar-refractivity contribution in [1.29, 1.82) is 0 Å². The van der Waals surface area contributed by atoms with E-state index < -0.39 is 0 Å². The van der Waals surface area contributed by atoms with Crippen LogP contribution in [0.1, 0.15) is 11.1 Å². The van der Waals surface area contributed by atoms with E-state index in [0.717, 1.165) is 27.0 Å². The van der Waals surface area contributed by atoms with E-state index in [1.807, 2.05) is 36.4 Å². The lowest BCUT2D eigenvalue weighted by molar-refractivity contribution is 0.185. The molecule has 0 saturated carbocycles. The first-order valence-corrected chi connectivity index (χ1v) is 7.24. The third kappa shape index (κ3) is 3.79. The molecule has 5 heteroatoms. The van der Waals surface area contributed by atoms with Gasteiger partial charge in [-0.25, -0.2) is 0 Å². The van der Waals surface area contributed by atoms with Gasteiger partial charge in [0.05, 0.1) is 12.3 Å². The van der Waals surface area contributed by atoms with Gasteiger partial charge >= 0.3 is 0 Å². The molecule has 0 fully saturated rings. The van der Waals surface area contributed by atoms with Gasteiger partial charge in [0, 0.05) is 22.8 Å². The number of nitrogens with one attached hydrogen (secondary N) is 1. The highest BCUT2D eigenvalue weighted by molar-refractivity contribution is 9.10. The second-order valence-corrected chi connectivity index (χ2v) is 5.61. The maximum Gasteiger partial charge on any atom is 0.104 e. The van der Waals surface area contributed by atoms with Gasteiger partial charge in [0.2, 0.25) is 0 Å². The van der Waals surface area contributed by atoms with Crippen LogP contribution >= 0.6 is 28.1 Å². The number of hydrogen-bond acceptors (Lipinski definition) is 3. The number of nitrogens with two attached hydrogens (primary N) is 1. The van der Waals surface area contributed by atoms with Crippen molar-refractivity contribution in [3.05, 3.63) is 58.1 Å². The Kier molecular flexibility index (Phi) is 5.11. The molecule has 0 heterocycles. The summed E-state index contributed by atoms with van der Waals surface area (Å²) in [4.78, 5) is 0.388. The molecule has 0 saturated heterocycles. The monoisotopic (exact) mass is 350 g/mol. The van der Waals surface area contributed by atoms with Crippen LogP contribution in [0.5, 0.6) is 0 Å². The summed E-state index contributed by atoms with van der Waals surface area (Å²) in [5.74, 6) is 0. The minimum absolute atomic E-state index is 0.388. The molecule has 3 N–H and O–H groups in total. The lowest BCUT2D eigenvalue weighted by Gasteiger charge is -2.11. The molecule has 0 amide bonds. The summed E-state index contributed by atoms with van der Waals surface area (Å²) in [6.07, 6.45) is 0. The lowest BCUT2D eigenvalue weighted by Crippen LogP contribution is -2.09. The van der Waals surface area contributed by atoms with Crippen LogP contribution in [-0.4, -0.2) is 12.1 Å². The Morgan fingerprint density at radius 1 is 1.30 bits per heavy atom. The number of halogens is 1. The van der Waals surface area contributed by atoms with Gasteiger partial charge in [-0.05, 0) is 51.8 Å². The number of methoxy groups -OCH3 is 1. The van der Waals surface area contributed by atoms with Gasteiger partial charge in [0.25, 0.3) is 0 Å². The number of thiocarbonyl (C=S) groups is 1. The molecule has 20 heavy (non-hydrogen) atoms. The molecule has 104 valence electrons. The van der Waals surface area contributed by atoms with Gasteiger partial charge in [-0.3, -0.25) is 0 Å². The number of benzene rings is 2. The minimum Gasteiger partial charge on any atom is -0.389 e. The molecule has 0 aliphatic heterocycles. The first-order chi connectivity index (χ1) is 9.60. The summed E-state index contributed by atoms with van der Waals surface area (Å²) in [5.41, 5.74) is 9.53. The topological polar surface area (TPSA) is 47.3 Å². The van der Waals surface area contributed by atoms with Crippen molar-refractivity contribution < 1.29 is 4.74 Å². The van der Waals surface area contributed by atoms with Crippen molar-refractivity contribution in [3.8, 4) is 0 Å². The second-order valence-electron chi connectivity index (χ2n) is 4.32. The van der Waals surface area contributed by atoms with Gasteiger partial charge in [0.15, 0.2) is 0 Å². The van der Waals surface area contributed by atoms with Crippen molar-refractivity contribution in [2.75, 3.05) is 12.4 Å². The molecule has 0 bridgehead atoms. The molecule has 0 aliphatic carbocycles. The Balaban J connectivity index is 2.21. The van der Waals surface area contributed by atoms with Gasteiger partial charge in [0.1, 0.15) is 4.99 Å². The highest BCUT2D eigenvalue weighted by Crippen LogP contribution is 2.27. The summed E-state index contributed by atoms with van der Waals surface area (Å²) < 4.78 is 6.05. The SMILES string of the molecule is COCc1cccc(Nc2ccc(C(N)=S)cc2Br)c1. The number of ether oxygens (including phenoxy) is 1. The third-order valence-corrected chi connectivity index (χ3v) is 3.66. The van der Waals surface area contributed by atoms with Crippen LogP contribution < -0.4 is 11.1 Å². The number of anilines is 2. The van der Waals surface area contributed by atoms with Crippen LogP contribution in [0.15, 0.2) is 46.9 Å². The summed E-state index contributed by atoms with van der Waals surface area (Å²) in [6.45, 7) is 0.594. The van der Waals surface area contributed by atoms with Gasteiger partial charge in [-0.15, -0.1) is 0 Å². The largest absolute Gasteiger partial charge is 0.389 e. The van der Waals surface area contributed by atoms with Crippen molar-refractivity contribution in [1.82, 2.24) is 0 Å². The lowest BCUT2D eigenvalue weighted by atomic mass is 10.2. The Labute approximate surface area is 132 Å². The molecule has 0 aromatic heterocycles. The van der Waals surface area contributed by atoms with E-state index in [1.165, 1.54) is 0 Å². The highest BCUT2D eigenvalue weighted by Gasteiger charge is 2.04. The minimum atomic E-state index is 0.388. The third-order valence-electron chi connectivity index (χ3n) is 2.77. The fourth-order valence-electron chi connectivity index (χ4n) is 1.83. The van der Waals surface area contributed by atoms with Gasteiger partial charge < -0.3 is 15.8 Å². The molecule has 2 aromatic carbocycles. The predicted molar refractivity (Wildman–Crippen MR) is 90.5 cm³/mol. The first kappa shape index (κ1) is 15.0. The molecule has 0 aliphatic rings. The highest BCUT2D eigenvalue weighted by atomic mass is 79.9. The second kappa shape index (κ2) is 6.83. The summed E-state index contributed by atoms with van der Waals surface area (Å²) in [7, 11) is 1.69. The first-order valence-electron chi connectivity index (χ1n) is 6.04. The average Bonchev–Trinajstić information content (AvgIpc) is 2.42. The molecule has 0 spiro atoms. The van der Waals surface area contributed by atoms with Crippen molar-refractivity contribution in [3.63, 3.8) is 0 Å². The van der Waals surface area contributed by atoms with E-state index in [0.29, 0.717) is 11.6 Å². The van der Waals surface area contributed by atoms with Crippen LogP contribution in [0.2, 0.25) is 0 Å². The normalized spacial score (nSPS) is 10.3. The van der Waals surface area contributed by atoms with E-state index in [-0.39, 0.29) is 0 Å². The van der Waals surface area contributed by atoms with Gasteiger partial charge in [-0.1, -0.05) is 24.4 Å². The fraction of sp³-hybridized carbons (Fsp3) is 0.133. The van der Waals surface area contributed by atoms with Crippen LogP contribution in [0.4, 0.5) is 11.4 Å². The maximum atomic E-state index is 5.61. The van der Waals surface area contributed by atoms with Crippen LogP contribution in [0.25, 0.3) is 0 Å². The van der Waals surface area contributed by atoms with E-state index >= 15 is 0 Å². The average molecular weight is 351 g/mol. The van der Waals surface area contributed by atoms with Crippen molar-refractivity contribution in [2.24, 2.45) is 5.73 Å². The van der Waals surface area contributed by atoms with E-state index in [4.69, 9.17) is 22.7 Å². The van der Waals surface area contributed by atoms with E-state index in [1.54, 1.807) is 7.11 Å². The van der Waals surface area contributed by atoms with Crippen LogP contribution in [0, 0.1) is 0 Å². The molecule has 2 rings (SSSR count). The summed E-state index contributed by atoms with van der Waals surface area (Å²) in [6, 6.07) is 13.8. The molecule has 3 nitrogen and oxygen atoms in total.